The molecular formula is C32H43N5O5. The number of nitrogens with zero attached hydrogens (tertiary/aromatic N) is 2. The number of rotatable bonds is 6. The van der Waals surface area contributed by atoms with Crippen LogP contribution in [0.15, 0.2) is 48.5 Å². The highest BCUT2D eigenvalue weighted by molar-refractivity contribution is 6.10. The average Bonchev–Trinajstić information content (AvgIpc) is 3.41. The number of hydrogen-bond acceptors (Lipinski definition) is 7. The van der Waals surface area contributed by atoms with Crippen molar-refractivity contribution in [2.24, 2.45) is 11.1 Å². The SMILES string of the molecule is CC(C)(C)OC(=O)c1cccc(NC(=O)NC2(N)CN(C3CCCC3)c3ccccc3N(CC(=O)C(C)(C)C)C2=O)c1. The minimum atomic E-state index is -1.85. The minimum absolute atomic E-state index is 0.0269. The molecule has 2 aromatic rings. The lowest BCUT2D eigenvalue weighted by atomic mass is 9.90. The number of urea groups is 1. The molecule has 0 saturated heterocycles. The zero-order valence-electron chi connectivity index (χ0n) is 25.5. The van der Waals surface area contributed by atoms with Crippen LogP contribution in [0.3, 0.4) is 0 Å². The fourth-order valence-corrected chi connectivity index (χ4v) is 5.31. The molecule has 1 atom stereocenters. The third kappa shape index (κ3) is 7.10. The molecule has 2 aliphatic rings. The van der Waals surface area contributed by atoms with E-state index in [2.05, 4.69) is 15.5 Å². The number of ether oxygens (including phenoxy) is 1. The second-order valence-corrected chi connectivity index (χ2v) is 13.3. The van der Waals surface area contributed by atoms with Crippen molar-refractivity contribution in [3.63, 3.8) is 0 Å². The summed E-state index contributed by atoms with van der Waals surface area (Å²) in [7, 11) is 0. The fourth-order valence-electron chi connectivity index (χ4n) is 5.31. The van der Waals surface area contributed by atoms with Crippen LogP contribution in [-0.2, 0) is 14.3 Å². The number of esters is 1. The molecule has 2 aromatic carbocycles. The topological polar surface area (TPSA) is 134 Å². The number of para-hydroxylation sites is 2. The molecular weight excluding hydrogens is 534 g/mol. The largest absolute Gasteiger partial charge is 0.456 e. The van der Waals surface area contributed by atoms with E-state index in [4.69, 9.17) is 10.5 Å². The van der Waals surface area contributed by atoms with Crippen molar-refractivity contribution in [2.75, 3.05) is 28.2 Å². The van der Waals surface area contributed by atoms with Crippen molar-refractivity contribution >= 4 is 40.8 Å². The summed E-state index contributed by atoms with van der Waals surface area (Å²) in [5.41, 5.74) is 5.60. The summed E-state index contributed by atoms with van der Waals surface area (Å²) in [6, 6.07) is 13.2. The van der Waals surface area contributed by atoms with Crippen LogP contribution in [0.2, 0.25) is 0 Å². The summed E-state index contributed by atoms with van der Waals surface area (Å²) < 4.78 is 5.44. The summed E-state index contributed by atoms with van der Waals surface area (Å²) >= 11 is 0. The van der Waals surface area contributed by atoms with Gasteiger partial charge in [-0.1, -0.05) is 51.8 Å². The Balaban J connectivity index is 1.65. The summed E-state index contributed by atoms with van der Waals surface area (Å²) in [6.45, 7) is 10.6. The number of hydrogen-bond donors (Lipinski definition) is 3. The smallest absolute Gasteiger partial charge is 0.338 e. The molecule has 10 nitrogen and oxygen atoms in total. The van der Waals surface area contributed by atoms with Crippen molar-refractivity contribution in [1.29, 1.82) is 0 Å². The first-order valence-electron chi connectivity index (χ1n) is 14.5. The molecule has 10 heteroatoms. The van der Waals surface area contributed by atoms with Crippen molar-refractivity contribution in [2.45, 2.75) is 84.5 Å². The quantitative estimate of drug-likeness (QED) is 0.331. The van der Waals surface area contributed by atoms with Crippen molar-refractivity contribution in [3.05, 3.63) is 54.1 Å². The molecule has 4 rings (SSSR count). The summed E-state index contributed by atoms with van der Waals surface area (Å²) in [5, 5.41) is 5.42. The predicted octanol–water partition coefficient (Wildman–Crippen LogP) is 4.83. The van der Waals surface area contributed by atoms with Gasteiger partial charge in [0.2, 0.25) is 0 Å². The normalized spacial score (nSPS) is 19.6. The molecule has 42 heavy (non-hydrogen) atoms. The van der Waals surface area contributed by atoms with E-state index in [0.29, 0.717) is 11.4 Å². The average molecular weight is 578 g/mol. The second kappa shape index (κ2) is 11.8. The van der Waals surface area contributed by atoms with E-state index in [1.54, 1.807) is 59.7 Å². The van der Waals surface area contributed by atoms with Crippen LogP contribution >= 0.6 is 0 Å². The summed E-state index contributed by atoms with van der Waals surface area (Å²) in [6.07, 6.45) is 3.98. The van der Waals surface area contributed by atoms with Crippen LogP contribution in [0.25, 0.3) is 0 Å². The van der Waals surface area contributed by atoms with Gasteiger partial charge in [-0.05, 0) is 63.9 Å². The Bertz CT molecular complexity index is 1360. The Labute approximate surface area is 247 Å². The molecule has 1 fully saturated rings. The van der Waals surface area contributed by atoms with E-state index in [1.165, 1.54) is 11.0 Å². The zero-order chi connectivity index (χ0) is 30.9. The van der Waals surface area contributed by atoms with Crippen LogP contribution in [-0.4, -0.2) is 54.1 Å². The van der Waals surface area contributed by atoms with Gasteiger partial charge in [-0.2, -0.15) is 0 Å². The van der Waals surface area contributed by atoms with E-state index in [9.17, 15) is 19.2 Å². The number of anilines is 3. The van der Waals surface area contributed by atoms with E-state index in [0.717, 1.165) is 31.4 Å². The molecule has 0 aromatic heterocycles. The zero-order valence-corrected chi connectivity index (χ0v) is 25.5. The first-order valence-corrected chi connectivity index (χ1v) is 14.5. The number of ketones is 1. The third-order valence-electron chi connectivity index (χ3n) is 7.52. The van der Waals surface area contributed by atoms with Crippen LogP contribution < -0.4 is 26.2 Å². The molecule has 1 aliphatic carbocycles. The standard InChI is InChI=1S/C32H43N5O5/c1-30(2,3)26(38)19-36-24-16-9-10-17-25(24)37(23-14-7-8-15-23)20-32(33,28(36)40)35-29(41)34-22-13-11-12-21(18-22)27(39)42-31(4,5)6/h9-13,16-18,23H,7-8,14-15,19-20,33H2,1-6H3,(H2,34,35,41). The molecule has 1 aliphatic heterocycles. The molecule has 4 N–H and O–H groups in total. The second-order valence-electron chi connectivity index (χ2n) is 13.3. The van der Waals surface area contributed by atoms with Gasteiger partial charge in [-0.3, -0.25) is 20.2 Å². The molecule has 3 amide bonds. The molecule has 0 bridgehead atoms. The highest BCUT2D eigenvalue weighted by Gasteiger charge is 2.47. The molecule has 1 unspecified atom stereocenters. The van der Waals surface area contributed by atoms with Crippen LogP contribution in [0.4, 0.5) is 21.9 Å². The number of carbonyl (C=O) groups excluding carboxylic acids is 4. The Morgan fingerprint density at radius 2 is 1.62 bits per heavy atom. The van der Waals surface area contributed by atoms with Gasteiger partial charge in [0.25, 0.3) is 5.91 Å². The van der Waals surface area contributed by atoms with Crippen LogP contribution in [0.5, 0.6) is 0 Å². The highest BCUT2D eigenvalue weighted by Crippen LogP contribution is 2.39. The Morgan fingerprint density at radius 3 is 2.24 bits per heavy atom. The lowest BCUT2D eigenvalue weighted by molar-refractivity contribution is -0.129. The van der Waals surface area contributed by atoms with Gasteiger partial charge in [-0.25, -0.2) is 9.59 Å². The number of fused-ring (bicyclic) bond motifs is 1. The molecule has 1 saturated carbocycles. The maximum Gasteiger partial charge on any atom is 0.338 e. The van der Waals surface area contributed by atoms with Gasteiger partial charge in [-0.15, -0.1) is 0 Å². The van der Waals surface area contributed by atoms with E-state index < -0.39 is 34.6 Å². The van der Waals surface area contributed by atoms with E-state index >= 15 is 0 Å². The van der Waals surface area contributed by atoms with E-state index in [1.807, 2.05) is 24.3 Å². The molecule has 1 heterocycles. The fraction of sp³-hybridized carbons (Fsp3) is 0.500. The van der Waals surface area contributed by atoms with Crippen molar-refractivity contribution < 1.29 is 23.9 Å². The number of carbonyl (C=O) groups is 4. The van der Waals surface area contributed by atoms with Crippen LogP contribution in [0.1, 0.15) is 77.6 Å². The van der Waals surface area contributed by atoms with Gasteiger partial charge in [0.05, 0.1) is 30.0 Å². The Hall–Kier alpha value is -3.92. The number of amides is 3. The summed E-state index contributed by atoms with van der Waals surface area (Å²) in [5.74, 6) is -1.23. The van der Waals surface area contributed by atoms with Gasteiger partial charge in [0.15, 0.2) is 11.4 Å². The predicted molar refractivity (Wildman–Crippen MR) is 164 cm³/mol. The third-order valence-corrected chi connectivity index (χ3v) is 7.52. The first kappa shape index (κ1) is 31.0. The lowest BCUT2D eigenvalue weighted by Gasteiger charge is -2.37. The monoisotopic (exact) mass is 577 g/mol. The van der Waals surface area contributed by atoms with Crippen molar-refractivity contribution in [1.82, 2.24) is 5.32 Å². The Morgan fingerprint density at radius 1 is 0.976 bits per heavy atom. The van der Waals surface area contributed by atoms with Crippen molar-refractivity contribution in [3.8, 4) is 0 Å². The Kier molecular flexibility index (Phi) is 8.68. The number of nitrogens with one attached hydrogen (secondary N) is 2. The molecule has 0 spiro atoms. The number of Topliss-reactive ketones (excluding diaryl/α,β-unsaturated/α-hetero) is 1. The van der Waals surface area contributed by atoms with Gasteiger partial charge >= 0.3 is 12.0 Å². The maximum atomic E-state index is 14.2. The van der Waals surface area contributed by atoms with Gasteiger partial charge in [0, 0.05) is 17.1 Å². The first-order chi connectivity index (χ1) is 19.6. The molecule has 0 radical (unpaired) electrons. The van der Waals surface area contributed by atoms with Gasteiger partial charge < -0.3 is 20.3 Å². The summed E-state index contributed by atoms with van der Waals surface area (Å²) in [4.78, 5) is 56.9. The molecule has 226 valence electrons. The lowest BCUT2D eigenvalue weighted by Crippen LogP contribution is -2.71. The van der Waals surface area contributed by atoms with Gasteiger partial charge in [0.1, 0.15) is 5.60 Å². The number of nitrogens with two attached hydrogens (primary N) is 1. The minimum Gasteiger partial charge on any atom is -0.456 e. The number of benzene rings is 2. The van der Waals surface area contributed by atoms with Crippen LogP contribution in [0, 0.1) is 5.41 Å². The van der Waals surface area contributed by atoms with E-state index in [-0.39, 0.29) is 30.5 Å². The maximum absolute atomic E-state index is 14.2. The highest BCUT2D eigenvalue weighted by atomic mass is 16.6.